The molecular formula is C14H17N3O2. The van der Waals surface area contributed by atoms with E-state index in [-0.39, 0.29) is 17.0 Å². The summed E-state index contributed by atoms with van der Waals surface area (Å²) in [7, 11) is 3.87. The Kier molecular flexibility index (Phi) is 3.55. The first-order valence-electron chi connectivity index (χ1n) is 6.15. The van der Waals surface area contributed by atoms with Crippen LogP contribution in [0.5, 0.6) is 0 Å². The van der Waals surface area contributed by atoms with Gasteiger partial charge in [-0.2, -0.15) is 0 Å². The molecule has 0 bridgehead atoms. The van der Waals surface area contributed by atoms with Gasteiger partial charge in [0.25, 0.3) is 11.5 Å². The van der Waals surface area contributed by atoms with Crippen molar-refractivity contribution >= 4 is 22.5 Å². The Morgan fingerprint density at radius 2 is 2.05 bits per heavy atom. The van der Waals surface area contributed by atoms with Gasteiger partial charge >= 0.3 is 0 Å². The number of hydrogen-bond donors (Lipinski definition) is 2. The number of aromatic amines is 1. The maximum Gasteiger partial charge on any atom is 0.261 e. The molecule has 19 heavy (non-hydrogen) atoms. The minimum Gasteiger partial charge on any atom is -0.378 e. The fourth-order valence-electron chi connectivity index (χ4n) is 1.89. The Hall–Kier alpha value is -2.30. The van der Waals surface area contributed by atoms with E-state index in [2.05, 4.69) is 10.3 Å². The first-order valence-corrected chi connectivity index (χ1v) is 6.15. The van der Waals surface area contributed by atoms with E-state index in [9.17, 15) is 9.59 Å². The van der Waals surface area contributed by atoms with Gasteiger partial charge < -0.3 is 15.2 Å². The highest BCUT2D eigenvalue weighted by Crippen LogP contribution is 2.18. The van der Waals surface area contributed by atoms with Crippen LogP contribution in [0.1, 0.15) is 17.3 Å². The van der Waals surface area contributed by atoms with E-state index >= 15 is 0 Å². The molecule has 2 N–H and O–H groups in total. The summed E-state index contributed by atoms with van der Waals surface area (Å²) in [4.78, 5) is 28.3. The molecule has 0 atom stereocenters. The van der Waals surface area contributed by atoms with Crippen molar-refractivity contribution < 1.29 is 4.79 Å². The lowest BCUT2D eigenvalue weighted by Crippen LogP contribution is -2.29. The van der Waals surface area contributed by atoms with Crippen molar-refractivity contribution in [1.29, 1.82) is 0 Å². The molecule has 2 aromatic rings. The van der Waals surface area contributed by atoms with Gasteiger partial charge in [0, 0.05) is 26.3 Å². The fourth-order valence-corrected chi connectivity index (χ4v) is 1.89. The largest absolute Gasteiger partial charge is 0.378 e. The second-order valence-corrected chi connectivity index (χ2v) is 4.54. The number of nitrogens with zero attached hydrogens (tertiary/aromatic N) is 1. The predicted molar refractivity (Wildman–Crippen MR) is 76.9 cm³/mol. The summed E-state index contributed by atoms with van der Waals surface area (Å²) >= 11 is 0. The molecule has 0 aliphatic carbocycles. The zero-order chi connectivity index (χ0) is 14.0. The first kappa shape index (κ1) is 13.1. The third-order valence-electron chi connectivity index (χ3n) is 2.93. The molecule has 0 aliphatic heterocycles. The molecule has 100 valence electrons. The Bertz CT molecular complexity index is 674. The van der Waals surface area contributed by atoms with E-state index in [1.54, 1.807) is 6.07 Å². The lowest BCUT2D eigenvalue weighted by Gasteiger charge is -2.13. The summed E-state index contributed by atoms with van der Waals surface area (Å²) in [6.45, 7) is 2.31. The Morgan fingerprint density at radius 3 is 2.68 bits per heavy atom. The molecular weight excluding hydrogens is 242 g/mol. The van der Waals surface area contributed by atoms with Gasteiger partial charge in [0.1, 0.15) is 5.56 Å². The standard InChI is InChI=1S/C14H17N3O2/c1-4-15-13(18)11-7-9-5-6-10(17(2)3)8-12(9)16-14(11)19/h5-8H,4H2,1-3H3,(H,15,18)(H,16,19). The van der Waals surface area contributed by atoms with Gasteiger partial charge in [-0.05, 0) is 30.5 Å². The smallest absolute Gasteiger partial charge is 0.261 e. The van der Waals surface area contributed by atoms with Crippen molar-refractivity contribution in [1.82, 2.24) is 10.3 Å². The normalized spacial score (nSPS) is 10.5. The van der Waals surface area contributed by atoms with Gasteiger partial charge in [0.2, 0.25) is 0 Å². The number of rotatable bonds is 3. The Morgan fingerprint density at radius 1 is 1.32 bits per heavy atom. The molecule has 2 rings (SSSR count). The van der Waals surface area contributed by atoms with E-state index in [0.717, 1.165) is 16.6 Å². The van der Waals surface area contributed by atoms with Crippen molar-refractivity contribution in [3.8, 4) is 0 Å². The van der Waals surface area contributed by atoms with Crippen LogP contribution in [0.2, 0.25) is 0 Å². The fraction of sp³-hybridized carbons (Fsp3) is 0.286. The highest BCUT2D eigenvalue weighted by Gasteiger charge is 2.11. The number of fused-ring (bicyclic) bond motifs is 1. The van der Waals surface area contributed by atoms with Crippen molar-refractivity contribution in [2.75, 3.05) is 25.5 Å². The maximum absolute atomic E-state index is 11.9. The highest BCUT2D eigenvalue weighted by atomic mass is 16.2. The lowest BCUT2D eigenvalue weighted by atomic mass is 10.1. The SMILES string of the molecule is CCNC(=O)c1cc2ccc(N(C)C)cc2[nH]c1=O. The summed E-state index contributed by atoms with van der Waals surface area (Å²) in [5.74, 6) is -0.345. The number of anilines is 1. The van der Waals surface area contributed by atoms with Crippen LogP contribution >= 0.6 is 0 Å². The number of pyridine rings is 1. The average Bonchev–Trinajstić information content (AvgIpc) is 2.37. The number of aromatic nitrogens is 1. The van der Waals surface area contributed by atoms with Crippen molar-refractivity contribution in [3.05, 3.63) is 40.2 Å². The molecule has 1 aromatic carbocycles. The molecule has 0 aliphatic rings. The van der Waals surface area contributed by atoms with Gasteiger partial charge in [0.05, 0.1) is 5.52 Å². The third-order valence-corrected chi connectivity index (χ3v) is 2.93. The molecule has 1 aromatic heterocycles. The molecule has 0 saturated carbocycles. The summed E-state index contributed by atoms with van der Waals surface area (Å²) in [5.41, 5.74) is 1.50. The van der Waals surface area contributed by atoms with Crippen LogP contribution < -0.4 is 15.8 Å². The minimum absolute atomic E-state index is 0.145. The van der Waals surface area contributed by atoms with Crippen LogP contribution in [0.4, 0.5) is 5.69 Å². The van der Waals surface area contributed by atoms with E-state index in [4.69, 9.17) is 0 Å². The molecule has 0 saturated heterocycles. The van der Waals surface area contributed by atoms with E-state index in [1.807, 2.05) is 44.1 Å². The van der Waals surface area contributed by atoms with Crippen molar-refractivity contribution in [3.63, 3.8) is 0 Å². The Labute approximate surface area is 111 Å². The van der Waals surface area contributed by atoms with E-state index < -0.39 is 0 Å². The Balaban J connectivity index is 2.55. The maximum atomic E-state index is 11.9. The van der Waals surface area contributed by atoms with Gasteiger partial charge in [-0.1, -0.05) is 6.07 Å². The topological polar surface area (TPSA) is 65.2 Å². The molecule has 0 fully saturated rings. The number of amides is 1. The molecule has 1 heterocycles. The van der Waals surface area contributed by atoms with Crippen molar-refractivity contribution in [2.45, 2.75) is 6.92 Å². The average molecular weight is 259 g/mol. The second kappa shape index (κ2) is 5.14. The zero-order valence-electron chi connectivity index (χ0n) is 11.3. The number of nitrogens with one attached hydrogen (secondary N) is 2. The molecule has 5 nitrogen and oxygen atoms in total. The van der Waals surface area contributed by atoms with Crippen LogP contribution in [-0.4, -0.2) is 31.5 Å². The third kappa shape index (κ3) is 2.59. The minimum atomic E-state index is -0.366. The van der Waals surface area contributed by atoms with Crippen LogP contribution in [0.25, 0.3) is 10.9 Å². The van der Waals surface area contributed by atoms with Gasteiger partial charge in [-0.25, -0.2) is 0 Å². The summed E-state index contributed by atoms with van der Waals surface area (Å²) in [6, 6.07) is 7.35. The van der Waals surface area contributed by atoms with E-state index in [0.29, 0.717) is 6.54 Å². The summed E-state index contributed by atoms with van der Waals surface area (Å²) < 4.78 is 0. The van der Waals surface area contributed by atoms with Gasteiger partial charge in [-0.3, -0.25) is 9.59 Å². The highest BCUT2D eigenvalue weighted by molar-refractivity contribution is 5.97. The summed E-state index contributed by atoms with van der Waals surface area (Å²) in [5, 5.41) is 3.47. The van der Waals surface area contributed by atoms with Crippen molar-refractivity contribution in [2.24, 2.45) is 0 Å². The monoisotopic (exact) mass is 259 g/mol. The van der Waals surface area contributed by atoms with Gasteiger partial charge in [0.15, 0.2) is 0 Å². The molecule has 0 radical (unpaired) electrons. The molecule has 5 heteroatoms. The lowest BCUT2D eigenvalue weighted by molar-refractivity contribution is 0.0954. The zero-order valence-corrected chi connectivity index (χ0v) is 11.3. The quantitative estimate of drug-likeness (QED) is 0.874. The van der Waals surface area contributed by atoms with Gasteiger partial charge in [-0.15, -0.1) is 0 Å². The second-order valence-electron chi connectivity index (χ2n) is 4.54. The number of H-pyrrole nitrogens is 1. The first-order chi connectivity index (χ1) is 9.02. The van der Waals surface area contributed by atoms with Crippen LogP contribution in [-0.2, 0) is 0 Å². The van der Waals surface area contributed by atoms with E-state index in [1.165, 1.54) is 0 Å². The summed E-state index contributed by atoms with van der Waals surface area (Å²) in [6.07, 6.45) is 0. The van der Waals surface area contributed by atoms with Crippen LogP contribution in [0.15, 0.2) is 29.1 Å². The molecule has 1 amide bonds. The number of benzene rings is 1. The number of carbonyl (C=O) groups is 1. The van der Waals surface area contributed by atoms with Crippen LogP contribution in [0, 0.1) is 0 Å². The number of hydrogen-bond acceptors (Lipinski definition) is 3. The predicted octanol–water partition coefficient (Wildman–Crippen LogP) is 1.34. The number of carbonyl (C=O) groups excluding carboxylic acids is 1. The van der Waals surface area contributed by atoms with Crippen LogP contribution in [0.3, 0.4) is 0 Å². The molecule has 0 spiro atoms. The molecule has 0 unspecified atom stereocenters.